The molecule has 1 aromatic rings. The van der Waals surface area contributed by atoms with E-state index in [1.807, 2.05) is 19.9 Å². The minimum Gasteiger partial charge on any atom is -0.389 e. The minimum absolute atomic E-state index is 0.422. The average Bonchev–Trinajstić information content (AvgIpc) is 2.12. The van der Waals surface area contributed by atoms with E-state index in [0.29, 0.717) is 4.99 Å². The summed E-state index contributed by atoms with van der Waals surface area (Å²) in [5.41, 5.74) is 8.76. The van der Waals surface area contributed by atoms with Crippen molar-refractivity contribution < 1.29 is 0 Å². The summed E-state index contributed by atoms with van der Waals surface area (Å²) < 4.78 is 0. The van der Waals surface area contributed by atoms with E-state index in [0.717, 1.165) is 35.1 Å². The van der Waals surface area contributed by atoms with Crippen molar-refractivity contribution in [3.05, 3.63) is 22.9 Å². The number of aryl methyl sites for hydroxylation is 2. The molecule has 4 heteroatoms. The topological polar surface area (TPSA) is 50.9 Å². The first-order valence-electron chi connectivity index (χ1n) is 6.10. The van der Waals surface area contributed by atoms with E-state index >= 15 is 0 Å². The van der Waals surface area contributed by atoms with Gasteiger partial charge in [0.2, 0.25) is 0 Å². The van der Waals surface area contributed by atoms with Gasteiger partial charge < -0.3 is 11.1 Å². The van der Waals surface area contributed by atoms with E-state index in [-0.39, 0.29) is 0 Å². The Morgan fingerprint density at radius 1 is 1.53 bits per heavy atom. The SMILES string of the molecule is Cc1cc(C)c(C(N)=S)c(NCC2CCC2)n1. The normalized spacial score (nSPS) is 15.4. The third-order valence-corrected chi connectivity index (χ3v) is 3.58. The summed E-state index contributed by atoms with van der Waals surface area (Å²) in [5.74, 6) is 1.64. The van der Waals surface area contributed by atoms with Crippen LogP contribution in [0, 0.1) is 19.8 Å². The third kappa shape index (κ3) is 2.75. The summed E-state index contributed by atoms with van der Waals surface area (Å²) in [6.07, 6.45) is 4.00. The number of hydrogen-bond acceptors (Lipinski definition) is 3. The Bertz CT molecular complexity index is 439. The van der Waals surface area contributed by atoms with Crippen LogP contribution in [0.2, 0.25) is 0 Å². The molecule has 1 aliphatic carbocycles. The molecule has 1 heterocycles. The Labute approximate surface area is 108 Å². The molecule has 0 unspecified atom stereocenters. The molecular formula is C13H19N3S. The van der Waals surface area contributed by atoms with Crippen LogP contribution in [0.1, 0.15) is 36.1 Å². The maximum absolute atomic E-state index is 5.77. The quantitative estimate of drug-likeness (QED) is 0.805. The van der Waals surface area contributed by atoms with Crippen molar-refractivity contribution in [3.8, 4) is 0 Å². The smallest absolute Gasteiger partial charge is 0.136 e. The Balaban J connectivity index is 2.20. The van der Waals surface area contributed by atoms with Gasteiger partial charge >= 0.3 is 0 Å². The third-order valence-electron chi connectivity index (χ3n) is 3.37. The highest BCUT2D eigenvalue weighted by molar-refractivity contribution is 7.80. The lowest BCUT2D eigenvalue weighted by Crippen LogP contribution is -2.24. The van der Waals surface area contributed by atoms with Gasteiger partial charge in [0.15, 0.2) is 0 Å². The van der Waals surface area contributed by atoms with Gasteiger partial charge in [-0.2, -0.15) is 0 Å². The molecule has 1 saturated carbocycles. The highest BCUT2D eigenvalue weighted by Crippen LogP contribution is 2.27. The van der Waals surface area contributed by atoms with Crippen LogP contribution in [-0.2, 0) is 0 Å². The lowest BCUT2D eigenvalue weighted by atomic mass is 9.85. The Kier molecular flexibility index (Phi) is 3.62. The van der Waals surface area contributed by atoms with Crippen molar-refractivity contribution >= 4 is 23.0 Å². The average molecular weight is 249 g/mol. The zero-order valence-electron chi connectivity index (χ0n) is 10.4. The summed E-state index contributed by atoms with van der Waals surface area (Å²) in [4.78, 5) is 4.93. The van der Waals surface area contributed by atoms with Gasteiger partial charge in [0.1, 0.15) is 10.8 Å². The van der Waals surface area contributed by atoms with Gasteiger partial charge in [-0.15, -0.1) is 0 Å². The Morgan fingerprint density at radius 3 is 2.76 bits per heavy atom. The molecule has 0 amide bonds. The van der Waals surface area contributed by atoms with Gasteiger partial charge in [0, 0.05) is 12.2 Å². The number of pyridine rings is 1. The predicted molar refractivity (Wildman–Crippen MR) is 75.4 cm³/mol. The number of aromatic nitrogens is 1. The fourth-order valence-corrected chi connectivity index (χ4v) is 2.47. The highest BCUT2D eigenvalue weighted by Gasteiger charge is 2.18. The molecule has 1 aromatic heterocycles. The molecule has 0 aliphatic heterocycles. The second kappa shape index (κ2) is 5.00. The highest BCUT2D eigenvalue weighted by atomic mass is 32.1. The summed E-state index contributed by atoms with van der Waals surface area (Å²) in [6.45, 7) is 4.99. The van der Waals surface area contributed by atoms with E-state index < -0.39 is 0 Å². The van der Waals surface area contributed by atoms with Crippen molar-refractivity contribution in [2.45, 2.75) is 33.1 Å². The van der Waals surface area contributed by atoms with Crippen LogP contribution in [0.5, 0.6) is 0 Å². The zero-order valence-corrected chi connectivity index (χ0v) is 11.2. The first-order valence-corrected chi connectivity index (χ1v) is 6.50. The van der Waals surface area contributed by atoms with E-state index in [2.05, 4.69) is 10.3 Å². The second-order valence-electron chi connectivity index (χ2n) is 4.85. The standard InChI is InChI=1S/C13H19N3S/c1-8-6-9(2)16-13(11(8)12(14)17)15-7-10-4-3-5-10/h6,10H,3-5,7H2,1-2H3,(H2,14,17)(H,15,16). The summed E-state index contributed by atoms with van der Waals surface area (Å²) in [6, 6.07) is 2.02. The van der Waals surface area contributed by atoms with Gasteiger partial charge in [-0.05, 0) is 44.2 Å². The van der Waals surface area contributed by atoms with Crippen molar-refractivity contribution in [2.75, 3.05) is 11.9 Å². The van der Waals surface area contributed by atoms with Gasteiger partial charge in [-0.3, -0.25) is 0 Å². The summed E-state index contributed by atoms with van der Waals surface area (Å²) in [7, 11) is 0. The molecule has 3 nitrogen and oxygen atoms in total. The molecule has 3 N–H and O–H groups in total. The molecule has 92 valence electrons. The van der Waals surface area contributed by atoms with Crippen LogP contribution in [0.15, 0.2) is 6.07 Å². The van der Waals surface area contributed by atoms with Crippen molar-refractivity contribution in [1.29, 1.82) is 0 Å². The molecule has 0 radical (unpaired) electrons. The molecule has 1 aliphatic rings. The van der Waals surface area contributed by atoms with E-state index in [4.69, 9.17) is 18.0 Å². The van der Waals surface area contributed by atoms with Crippen LogP contribution in [0.3, 0.4) is 0 Å². The van der Waals surface area contributed by atoms with Gasteiger partial charge in [-0.1, -0.05) is 18.6 Å². The Hall–Kier alpha value is -1.16. The second-order valence-corrected chi connectivity index (χ2v) is 5.29. The first-order chi connectivity index (χ1) is 8.08. The van der Waals surface area contributed by atoms with E-state index in [1.54, 1.807) is 0 Å². The molecular weight excluding hydrogens is 230 g/mol. The molecule has 2 rings (SSSR count). The predicted octanol–water partition coefficient (Wildman–Crippen LogP) is 2.54. The first kappa shape index (κ1) is 12.3. The molecule has 0 atom stereocenters. The van der Waals surface area contributed by atoms with E-state index in [1.165, 1.54) is 19.3 Å². The number of nitrogens with one attached hydrogen (secondary N) is 1. The largest absolute Gasteiger partial charge is 0.389 e. The molecule has 1 fully saturated rings. The van der Waals surface area contributed by atoms with Gasteiger partial charge in [0.25, 0.3) is 0 Å². The lowest BCUT2D eigenvalue weighted by Gasteiger charge is -2.26. The summed E-state index contributed by atoms with van der Waals surface area (Å²) >= 11 is 5.10. The van der Waals surface area contributed by atoms with Crippen LogP contribution >= 0.6 is 12.2 Å². The number of nitrogens with zero attached hydrogens (tertiary/aromatic N) is 1. The molecule has 0 spiro atoms. The van der Waals surface area contributed by atoms with Gasteiger partial charge in [0.05, 0.1) is 5.56 Å². The van der Waals surface area contributed by atoms with Gasteiger partial charge in [-0.25, -0.2) is 4.98 Å². The summed E-state index contributed by atoms with van der Waals surface area (Å²) in [5, 5.41) is 3.40. The number of rotatable bonds is 4. The molecule has 0 saturated heterocycles. The Morgan fingerprint density at radius 2 is 2.24 bits per heavy atom. The fourth-order valence-electron chi connectivity index (χ4n) is 2.21. The zero-order chi connectivity index (χ0) is 12.4. The molecule has 0 bridgehead atoms. The minimum atomic E-state index is 0.422. The van der Waals surface area contributed by atoms with Crippen molar-refractivity contribution in [2.24, 2.45) is 11.7 Å². The van der Waals surface area contributed by atoms with Crippen LogP contribution in [0.25, 0.3) is 0 Å². The number of hydrogen-bond donors (Lipinski definition) is 2. The lowest BCUT2D eigenvalue weighted by molar-refractivity contribution is 0.333. The van der Waals surface area contributed by atoms with Crippen molar-refractivity contribution in [1.82, 2.24) is 4.98 Å². The van der Waals surface area contributed by atoms with Crippen LogP contribution in [-0.4, -0.2) is 16.5 Å². The number of anilines is 1. The molecule has 0 aromatic carbocycles. The maximum Gasteiger partial charge on any atom is 0.136 e. The molecule has 17 heavy (non-hydrogen) atoms. The number of thiocarbonyl (C=S) groups is 1. The van der Waals surface area contributed by atoms with Crippen molar-refractivity contribution in [3.63, 3.8) is 0 Å². The fraction of sp³-hybridized carbons (Fsp3) is 0.538. The monoisotopic (exact) mass is 249 g/mol. The van der Waals surface area contributed by atoms with Crippen LogP contribution in [0.4, 0.5) is 5.82 Å². The maximum atomic E-state index is 5.77. The van der Waals surface area contributed by atoms with Crippen LogP contribution < -0.4 is 11.1 Å². The number of nitrogens with two attached hydrogens (primary N) is 1. The van der Waals surface area contributed by atoms with E-state index in [9.17, 15) is 0 Å².